The number of aliphatic carboxylic acids is 3. The lowest BCUT2D eigenvalue weighted by Crippen LogP contribution is -2.51. The third-order valence-electron chi connectivity index (χ3n) is 19.2. The van der Waals surface area contributed by atoms with E-state index in [1.54, 1.807) is 47.3 Å². The zero-order chi connectivity index (χ0) is 89.2. The summed E-state index contributed by atoms with van der Waals surface area (Å²) in [5.74, 6) is -6.57. The number of unbranched alkanes of at least 4 members (excludes halogenated alkanes) is 7. The van der Waals surface area contributed by atoms with Crippen molar-refractivity contribution in [3.05, 3.63) is 113 Å². The molecule has 14 N–H and O–H groups in total. The number of benzene rings is 2. The smallest absolute Gasteiger partial charge is 0.354 e. The molecular formula is C84H124N16O23S. The first-order valence-corrected chi connectivity index (χ1v) is 42.8. The van der Waals surface area contributed by atoms with Crippen LogP contribution in [0.15, 0.2) is 85.1 Å². The van der Waals surface area contributed by atoms with Gasteiger partial charge in [-0.15, -0.1) is 5.10 Å². The minimum Gasteiger partial charge on any atom is -0.493 e. The summed E-state index contributed by atoms with van der Waals surface area (Å²) in [6.07, 6.45) is 10.8. The van der Waals surface area contributed by atoms with Crippen molar-refractivity contribution in [2.24, 2.45) is 0 Å². The number of aromatic nitrogens is 5. The van der Waals surface area contributed by atoms with E-state index >= 15 is 0 Å². The lowest BCUT2D eigenvalue weighted by atomic mass is 10.1. The molecule has 3 atom stereocenters. The quantitative estimate of drug-likeness (QED) is 0.0149. The molecule has 0 saturated carbocycles. The van der Waals surface area contributed by atoms with Crippen LogP contribution in [0.25, 0.3) is 11.3 Å². The topological polar surface area (TPSA) is 517 Å². The first kappa shape index (κ1) is 102. The third-order valence-corrected chi connectivity index (χ3v) is 19.5. The number of ether oxygens (including phenoxy) is 8. The summed E-state index contributed by atoms with van der Waals surface area (Å²) in [4.78, 5) is 136. The van der Waals surface area contributed by atoms with Gasteiger partial charge in [-0.2, -0.15) is 0 Å². The Morgan fingerprint density at radius 2 is 1.05 bits per heavy atom. The molecule has 6 rings (SSSR count). The van der Waals surface area contributed by atoms with E-state index < -0.39 is 71.8 Å². The standard InChI is InChI=1S/C84H124N16O23S/c1-2-3-4-5-6-23-74(101)85-31-10-8-20-70(79(108)109)94-77(105)68(93-75(102)30-40-116-47-53-122-54-52-121-46-39-100-60-73(96-97-100)62-16-13-17-64(55-62)91-82(114)86-32-11-9-21-71(80(110)111)95-83(115)87-34-15-24-76(103)104)19-7-12-33-88-84(124)92-63-27-25-61(26-28-63)29-41-123-67-56-66(90-72(57-67)81(112)113)59-99-37-44-119-50-48-117-42-35-98(36-43-118-49-51-120-45-38-99)58-65-18-14-22-69(89-65)78(106)107/h13-14,16-18,22,25-28,55-57,60,68,70-71H,2-12,15,19-21,23-24,29-54,58-59H2,1H3,(H,85,101)(H,93,102)(H,94,105)(H,103,104)(H,106,107)(H,108,109)(H,110,111)(H,112,113)(H2,86,91,114)(H2,87,95,115)(H2,88,92,124). The van der Waals surface area contributed by atoms with Crippen molar-refractivity contribution < 1.29 is 111 Å². The molecule has 2 aromatic carbocycles. The van der Waals surface area contributed by atoms with Gasteiger partial charge in [-0.25, -0.2) is 43.4 Å². The Morgan fingerprint density at radius 3 is 1.68 bits per heavy atom. The molecule has 1 saturated heterocycles. The number of anilines is 2. The number of pyridine rings is 2. The molecule has 684 valence electrons. The molecule has 39 nitrogen and oxygen atoms in total. The molecule has 1 fully saturated rings. The van der Waals surface area contributed by atoms with Gasteiger partial charge in [-0.1, -0.05) is 68.2 Å². The van der Waals surface area contributed by atoms with Gasteiger partial charge in [0.15, 0.2) is 10.8 Å². The van der Waals surface area contributed by atoms with Crippen LogP contribution in [0.1, 0.15) is 160 Å². The summed E-state index contributed by atoms with van der Waals surface area (Å²) in [6, 6.07) is 17.9. The fourth-order valence-corrected chi connectivity index (χ4v) is 12.7. The molecule has 0 spiro atoms. The van der Waals surface area contributed by atoms with Crippen LogP contribution in [0, 0.1) is 0 Å². The summed E-state index contributed by atoms with van der Waals surface area (Å²) in [5.41, 5.74) is 4.33. The second kappa shape index (κ2) is 61.6. The van der Waals surface area contributed by atoms with Gasteiger partial charge in [0.1, 0.15) is 35.3 Å². The van der Waals surface area contributed by atoms with Crippen molar-refractivity contribution in [1.29, 1.82) is 0 Å². The Labute approximate surface area is 727 Å². The summed E-state index contributed by atoms with van der Waals surface area (Å²) >= 11 is 5.62. The monoisotopic (exact) mass is 1760 g/mol. The average molecular weight is 1760 g/mol. The SMILES string of the molecule is CCCCCCCC(=O)NCCCCC(NC(=O)C(CCCCNC(=S)Nc1ccc(CCOc2cc(CN3CCOCCOCCN(Cc4cccc(C(=O)O)n4)CCOCCOCC3)nc(C(=O)O)c2)cc1)NC(=O)CCOCCOCCOCCn1cc(-c2cccc(NC(=O)NCCCCC(NC(=O)NCCCC(=O)O)C(=O)O)c2)nn1)C(=O)O. The third kappa shape index (κ3) is 45.6. The summed E-state index contributed by atoms with van der Waals surface area (Å²) < 4.78 is 48.4. The first-order chi connectivity index (χ1) is 60.1. The van der Waals surface area contributed by atoms with Crippen molar-refractivity contribution in [2.45, 2.75) is 167 Å². The minimum absolute atomic E-state index is 0.0122. The minimum atomic E-state index is -1.24. The van der Waals surface area contributed by atoms with Crippen LogP contribution >= 0.6 is 12.2 Å². The molecular weight excluding hydrogens is 1630 g/mol. The molecule has 124 heavy (non-hydrogen) atoms. The zero-order valence-electron chi connectivity index (χ0n) is 70.8. The van der Waals surface area contributed by atoms with Gasteiger partial charge in [0.25, 0.3) is 0 Å². The van der Waals surface area contributed by atoms with E-state index in [-0.39, 0.29) is 109 Å². The number of rotatable bonds is 56. The summed E-state index contributed by atoms with van der Waals surface area (Å²) in [7, 11) is 0. The average Bonchev–Trinajstić information content (AvgIpc) is 1.68. The number of hydrogen-bond acceptors (Lipinski definition) is 25. The number of aromatic carboxylic acids is 2. The van der Waals surface area contributed by atoms with Gasteiger partial charge >= 0.3 is 41.9 Å². The highest BCUT2D eigenvalue weighted by atomic mass is 32.1. The van der Waals surface area contributed by atoms with Crippen LogP contribution in [0.4, 0.5) is 21.0 Å². The van der Waals surface area contributed by atoms with Crippen LogP contribution in [0.5, 0.6) is 5.75 Å². The second-order valence-electron chi connectivity index (χ2n) is 29.2. The van der Waals surface area contributed by atoms with Crippen molar-refractivity contribution in [1.82, 2.24) is 72.0 Å². The van der Waals surface area contributed by atoms with E-state index in [2.05, 4.69) is 84.9 Å². The molecule has 3 aromatic heterocycles. The molecule has 0 bridgehead atoms. The molecule has 0 aliphatic carbocycles. The van der Waals surface area contributed by atoms with E-state index in [1.165, 1.54) is 12.1 Å². The molecule has 3 unspecified atom stereocenters. The molecule has 40 heteroatoms. The fourth-order valence-electron chi connectivity index (χ4n) is 12.5. The Bertz CT molecular complexity index is 4020. The van der Waals surface area contributed by atoms with Gasteiger partial charge < -0.3 is 111 Å². The lowest BCUT2D eigenvalue weighted by molar-refractivity contribution is -0.142. The maximum absolute atomic E-state index is 13.9. The van der Waals surface area contributed by atoms with Gasteiger partial charge in [0.2, 0.25) is 17.7 Å². The Hall–Kier alpha value is -10.7. The lowest BCUT2D eigenvalue weighted by Gasteiger charge is -2.23. The van der Waals surface area contributed by atoms with Gasteiger partial charge in [0.05, 0.1) is 123 Å². The number of urea groups is 2. The fraction of sp³-hybridized carbons (Fsp3) is 0.583. The van der Waals surface area contributed by atoms with Crippen LogP contribution < -0.4 is 52.6 Å². The highest BCUT2D eigenvalue weighted by Gasteiger charge is 2.27. The highest BCUT2D eigenvalue weighted by molar-refractivity contribution is 7.80. The molecule has 1 aliphatic heterocycles. The molecule has 4 heterocycles. The second-order valence-corrected chi connectivity index (χ2v) is 29.6. The number of carbonyl (C=O) groups is 10. The predicted molar refractivity (Wildman–Crippen MR) is 460 cm³/mol. The number of hydrogen-bond donors (Lipinski definition) is 14. The normalized spacial score (nSPS) is 14.0. The molecule has 0 radical (unpaired) electrons. The number of carboxylic acids is 5. The van der Waals surface area contributed by atoms with E-state index in [4.69, 9.17) is 55.2 Å². The highest BCUT2D eigenvalue weighted by Crippen LogP contribution is 2.22. The van der Waals surface area contributed by atoms with Crippen molar-refractivity contribution in [2.75, 3.05) is 162 Å². The summed E-state index contributed by atoms with van der Waals surface area (Å²) in [6.45, 7) is 10.8. The molecule has 7 amide bonds. The van der Waals surface area contributed by atoms with Crippen LogP contribution in [0.3, 0.4) is 0 Å². The van der Waals surface area contributed by atoms with Gasteiger partial charge in [-0.3, -0.25) is 29.0 Å². The van der Waals surface area contributed by atoms with E-state index in [9.17, 15) is 68.4 Å². The van der Waals surface area contributed by atoms with Gasteiger partial charge in [0, 0.05) is 120 Å². The van der Waals surface area contributed by atoms with Crippen molar-refractivity contribution >= 4 is 88.3 Å². The molecule has 1 aliphatic rings. The van der Waals surface area contributed by atoms with Crippen molar-refractivity contribution in [3.8, 4) is 17.0 Å². The largest absolute Gasteiger partial charge is 0.493 e. The number of carbonyl (C=O) groups excluding carboxylic acids is 5. The summed E-state index contributed by atoms with van der Waals surface area (Å²) in [5, 5.41) is 81.6. The van der Waals surface area contributed by atoms with E-state index in [0.29, 0.717) is 215 Å². The number of carboxylic acid groups (broad SMARTS) is 5. The zero-order valence-corrected chi connectivity index (χ0v) is 71.6. The van der Waals surface area contributed by atoms with Crippen LogP contribution in [-0.4, -0.2) is 295 Å². The van der Waals surface area contributed by atoms with E-state index in [1.807, 2.05) is 30.3 Å². The number of amides is 7. The van der Waals surface area contributed by atoms with E-state index in [0.717, 1.165) is 37.7 Å². The van der Waals surface area contributed by atoms with Crippen LogP contribution in [-0.2, 0) is 88.0 Å². The maximum Gasteiger partial charge on any atom is 0.354 e. The molecule has 5 aromatic rings. The van der Waals surface area contributed by atoms with Gasteiger partial charge in [-0.05, 0) is 125 Å². The number of nitrogens with one attached hydrogen (secondary N) is 9. The Kier molecular flexibility index (Phi) is 50.7. The number of nitrogens with zero attached hydrogens (tertiary/aromatic N) is 7. The Balaban J connectivity index is 0.873. The maximum atomic E-state index is 13.9. The Morgan fingerprint density at radius 1 is 0.484 bits per heavy atom. The van der Waals surface area contributed by atoms with Crippen LogP contribution in [0.2, 0.25) is 0 Å². The predicted octanol–water partition coefficient (Wildman–Crippen LogP) is 6.34. The van der Waals surface area contributed by atoms with Crippen molar-refractivity contribution in [3.63, 3.8) is 0 Å². The number of thiocarbonyl (C=S) groups is 1. The first-order valence-electron chi connectivity index (χ1n) is 42.4.